The van der Waals surface area contributed by atoms with Crippen LogP contribution in [0.4, 0.5) is 0 Å². The van der Waals surface area contributed by atoms with Gasteiger partial charge in [0, 0.05) is 18.0 Å². The Morgan fingerprint density at radius 1 is 1.06 bits per heavy atom. The number of ether oxygens (including phenoxy) is 1. The van der Waals surface area contributed by atoms with Crippen molar-refractivity contribution in [2.45, 2.75) is 45.1 Å². The van der Waals surface area contributed by atoms with Crippen molar-refractivity contribution in [3.63, 3.8) is 0 Å². The summed E-state index contributed by atoms with van der Waals surface area (Å²) >= 11 is 6.12. The highest BCUT2D eigenvalue weighted by Gasteiger charge is 2.37. The summed E-state index contributed by atoms with van der Waals surface area (Å²) in [5.41, 5.74) is 4.20. The van der Waals surface area contributed by atoms with Crippen LogP contribution in [-0.2, 0) is 22.7 Å². The van der Waals surface area contributed by atoms with Gasteiger partial charge in [-0.2, -0.15) is 0 Å². The number of hydrogen-bond donors (Lipinski definition) is 1. The predicted octanol–water partition coefficient (Wildman–Crippen LogP) is 5.80. The summed E-state index contributed by atoms with van der Waals surface area (Å²) in [6.45, 7) is 2.79. The molecule has 1 aliphatic heterocycles. The molecule has 1 fully saturated rings. The topological polar surface area (TPSA) is 66.8 Å². The summed E-state index contributed by atoms with van der Waals surface area (Å²) in [6.07, 6.45) is 0.757. The number of benzene rings is 3. The number of carboxylic acid groups (broad SMARTS) is 1. The molecular weight excluding hydrogens is 438 g/mol. The maximum Gasteiger partial charge on any atom is 0.335 e. The molecule has 5 nitrogen and oxygen atoms in total. The van der Waals surface area contributed by atoms with Crippen molar-refractivity contribution in [1.82, 2.24) is 4.90 Å². The number of aryl methyl sites for hydroxylation is 1. The lowest BCUT2D eigenvalue weighted by Gasteiger charge is -2.41. The van der Waals surface area contributed by atoms with E-state index in [1.165, 1.54) is 5.56 Å². The Labute approximate surface area is 198 Å². The monoisotopic (exact) mass is 463 g/mol. The zero-order valence-corrected chi connectivity index (χ0v) is 19.2. The number of aromatic carboxylic acids is 1. The Kier molecular flexibility index (Phi) is 7.11. The van der Waals surface area contributed by atoms with Crippen LogP contribution in [0, 0.1) is 6.92 Å². The molecule has 2 atom stereocenters. The lowest BCUT2D eigenvalue weighted by Crippen LogP contribution is -2.45. The zero-order valence-electron chi connectivity index (χ0n) is 18.4. The van der Waals surface area contributed by atoms with Gasteiger partial charge in [0.05, 0.1) is 24.3 Å². The van der Waals surface area contributed by atoms with Gasteiger partial charge in [-0.05, 0) is 54.3 Å². The Morgan fingerprint density at radius 2 is 1.79 bits per heavy atom. The van der Waals surface area contributed by atoms with E-state index < -0.39 is 5.97 Å². The number of likely N-dealkylation sites (tertiary alicyclic amines) is 1. The third-order valence-corrected chi connectivity index (χ3v) is 6.23. The molecular formula is C27H26ClNO4. The van der Waals surface area contributed by atoms with E-state index >= 15 is 0 Å². The maximum absolute atomic E-state index is 13.0. The smallest absolute Gasteiger partial charge is 0.335 e. The van der Waals surface area contributed by atoms with Crippen LogP contribution < -0.4 is 0 Å². The van der Waals surface area contributed by atoms with Crippen molar-refractivity contribution < 1.29 is 19.4 Å². The number of carbonyl (C=O) groups excluding carboxylic acids is 1. The standard InChI is InChI=1S/C27H26ClNO4/c1-18-5-7-19(8-6-18)16-29-25(30)14-13-24(26(29)21-9-11-23(28)12-10-21)33-17-20-3-2-4-22(15-20)27(31)32/h2-12,15,24,26H,13-14,16-17H2,1H3,(H,31,32)/t24-,26+/m0/s1. The number of rotatable bonds is 7. The van der Waals surface area contributed by atoms with Gasteiger partial charge in [-0.15, -0.1) is 0 Å². The molecule has 0 aliphatic carbocycles. The number of halogens is 1. The molecule has 0 bridgehead atoms. The first-order valence-electron chi connectivity index (χ1n) is 10.9. The molecule has 0 radical (unpaired) electrons. The van der Waals surface area contributed by atoms with E-state index in [2.05, 4.69) is 0 Å². The summed E-state index contributed by atoms with van der Waals surface area (Å²) in [5, 5.41) is 9.90. The van der Waals surface area contributed by atoms with E-state index in [9.17, 15) is 14.7 Å². The van der Waals surface area contributed by atoms with Crippen molar-refractivity contribution in [3.8, 4) is 0 Å². The second kappa shape index (κ2) is 10.2. The van der Waals surface area contributed by atoms with Crippen molar-refractivity contribution in [3.05, 3.63) is 106 Å². The summed E-state index contributed by atoms with van der Waals surface area (Å²) in [7, 11) is 0. The SMILES string of the molecule is Cc1ccc(CN2C(=O)CC[C@H](OCc3cccc(C(=O)O)c3)[C@H]2c2ccc(Cl)cc2)cc1. The Balaban J connectivity index is 1.60. The highest BCUT2D eigenvalue weighted by atomic mass is 35.5. The lowest BCUT2D eigenvalue weighted by molar-refractivity contribution is -0.147. The average molecular weight is 464 g/mol. The zero-order chi connectivity index (χ0) is 23.4. The minimum atomic E-state index is -0.969. The first kappa shape index (κ1) is 23.0. The van der Waals surface area contributed by atoms with Crippen LogP contribution in [0.3, 0.4) is 0 Å². The van der Waals surface area contributed by atoms with Crippen molar-refractivity contribution in [2.75, 3.05) is 0 Å². The lowest BCUT2D eigenvalue weighted by atomic mass is 9.91. The van der Waals surface area contributed by atoms with Gasteiger partial charge in [-0.25, -0.2) is 4.79 Å². The van der Waals surface area contributed by atoms with Crippen LogP contribution in [0.5, 0.6) is 0 Å². The third-order valence-electron chi connectivity index (χ3n) is 5.97. The van der Waals surface area contributed by atoms with Crippen LogP contribution >= 0.6 is 11.6 Å². The molecule has 170 valence electrons. The molecule has 3 aromatic carbocycles. The van der Waals surface area contributed by atoms with Gasteiger partial charge in [-0.1, -0.05) is 65.7 Å². The Hall–Kier alpha value is -3.15. The molecule has 1 heterocycles. The molecule has 1 saturated heterocycles. The first-order chi connectivity index (χ1) is 15.9. The van der Waals surface area contributed by atoms with Gasteiger partial charge in [0.15, 0.2) is 0 Å². The van der Waals surface area contributed by atoms with Crippen LogP contribution in [0.2, 0.25) is 5.02 Å². The summed E-state index contributed by atoms with van der Waals surface area (Å²) in [6, 6.07) is 22.2. The molecule has 4 rings (SSSR count). The highest BCUT2D eigenvalue weighted by molar-refractivity contribution is 6.30. The number of amides is 1. The molecule has 0 saturated carbocycles. The largest absolute Gasteiger partial charge is 0.478 e. The Morgan fingerprint density at radius 3 is 2.48 bits per heavy atom. The van der Waals surface area contributed by atoms with Gasteiger partial charge in [-0.3, -0.25) is 4.79 Å². The quantitative estimate of drug-likeness (QED) is 0.481. The van der Waals surface area contributed by atoms with Crippen molar-refractivity contribution in [2.24, 2.45) is 0 Å². The van der Waals surface area contributed by atoms with Gasteiger partial charge in [0.1, 0.15) is 0 Å². The normalized spacial score (nSPS) is 18.4. The fourth-order valence-corrected chi connectivity index (χ4v) is 4.35. The average Bonchev–Trinajstić information content (AvgIpc) is 2.81. The van der Waals surface area contributed by atoms with Gasteiger partial charge in [0.25, 0.3) is 0 Å². The van der Waals surface area contributed by atoms with E-state index in [-0.39, 0.29) is 30.2 Å². The fraction of sp³-hybridized carbons (Fsp3) is 0.259. The van der Waals surface area contributed by atoms with Crippen LogP contribution in [-0.4, -0.2) is 28.0 Å². The van der Waals surface area contributed by atoms with Crippen LogP contribution in [0.15, 0.2) is 72.8 Å². The van der Waals surface area contributed by atoms with Crippen molar-refractivity contribution >= 4 is 23.5 Å². The number of carbonyl (C=O) groups is 2. The first-order valence-corrected chi connectivity index (χ1v) is 11.3. The molecule has 1 aliphatic rings. The van der Waals surface area contributed by atoms with E-state index in [4.69, 9.17) is 16.3 Å². The molecule has 1 amide bonds. The van der Waals surface area contributed by atoms with Crippen molar-refractivity contribution in [1.29, 1.82) is 0 Å². The second-order valence-electron chi connectivity index (χ2n) is 8.40. The maximum atomic E-state index is 13.0. The third kappa shape index (κ3) is 5.62. The highest BCUT2D eigenvalue weighted by Crippen LogP contribution is 2.36. The van der Waals surface area contributed by atoms with Gasteiger partial charge >= 0.3 is 5.97 Å². The fourth-order valence-electron chi connectivity index (χ4n) is 4.23. The van der Waals surface area contributed by atoms with Gasteiger partial charge in [0.2, 0.25) is 5.91 Å². The number of carboxylic acids is 1. The molecule has 0 aromatic heterocycles. The Bertz CT molecular complexity index is 1130. The summed E-state index contributed by atoms with van der Waals surface area (Å²) in [4.78, 5) is 26.2. The molecule has 3 aromatic rings. The van der Waals surface area contributed by atoms with E-state index in [0.717, 1.165) is 16.7 Å². The van der Waals surface area contributed by atoms with E-state index in [1.807, 2.05) is 66.4 Å². The number of hydrogen-bond acceptors (Lipinski definition) is 3. The summed E-state index contributed by atoms with van der Waals surface area (Å²) < 4.78 is 6.32. The minimum Gasteiger partial charge on any atom is -0.478 e. The van der Waals surface area contributed by atoms with Gasteiger partial charge < -0.3 is 14.7 Å². The molecule has 0 spiro atoms. The molecule has 33 heavy (non-hydrogen) atoms. The summed E-state index contributed by atoms with van der Waals surface area (Å²) in [5.74, 6) is -0.883. The van der Waals surface area contributed by atoms with E-state index in [0.29, 0.717) is 24.4 Å². The predicted molar refractivity (Wildman–Crippen MR) is 127 cm³/mol. The molecule has 1 N–H and O–H groups in total. The second-order valence-corrected chi connectivity index (χ2v) is 8.83. The van der Waals surface area contributed by atoms with E-state index in [1.54, 1.807) is 18.2 Å². The number of nitrogens with zero attached hydrogens (tertiary/aromatic N) is 1. The van der Waals surface area contributed by atoms with Crippen LogP contribution in [0.1, 0.15) is 51.5 Å². The van der Waals surface area contributed by atoms with Crippen LogP contribution in [0.25, 0.3) is 0 Å². The molecule has 6 heteroatoms. The number of piperidine rings is 1. The minimum absolute atomic E-state index is 0.0863. The molecule has 0 unspecified atom stereocenters.